The predicted octanol–water partition coefficient (Wildman–Crippen LogP) is 11.4. The standard InChI is InChI=1S/C64H132N.4ClH.Si/c1-5-9-13-17-21-25-29-33-37-41-45-49-53-57-61-65(62-58-54-50-46-42-38-34-30-26-22-18-14-10-6-2,63-59-55-51-47-43-39-35-31-27-23-19-15-11-7-3)64-60-56-52-48-44-40-36-32-28-24-20-16-12-8-4;;;;;/h5-64H2,1-4H3;4*1H;/q+1;;;;;+4/p-4. The van der Waals surface area contributed by atoms with E-state index >= 15 is 0 Å². The van der Waals surface area contributed by atoms with Crippen LogP contribution in [0, 0.1) is 0 Å². The van der Waals surface area contributed by atoms with Crippen molar-refractivity contribution in [1.29, 1.82) is 0 Å². The molecule has 0 unspecified atom stereocenters. The normalized spacial score (nSPS) is 11.1. The van der Waals surface area contributed by atoms with E-state index in [0.717, 1.165) is 0 Å². The Kier molecular flexibility index (Phi) is 88.1. The molecule has 70 heavy (non-hydrogen) atoms. The Morgan fingerprint density at radius 1 is 0.143 bits per heavy atom. The van der Waals surface area contributed by atoms with Crippen molar-refractivity contribution in [2.45, 2.75) is 387 Å². The molecular weight excluding hydrogens is 953 g/mol. The SMILES string of the molecule is CCCCCCCCCCCCCCCC[N+](CCCCCCCCCCCCCCCC)(CCCCCCCCCCCCCCCC)CCCCCCCCCCCCCCCC.[Cl-].[Cl-].[Cl-].[Cl-].[Si+4]. The summed E-state index contributed by atoms with van der Waals surface area (Å²) in [5.74, 6) is 0. The molecule has 0 rings (SSSR count). The minimum Gasteiger partial charge on any atom is -1.00 e. The number of quaternary nitrogens is 1. The van der Waals surface area contributed by atoms with Crippen molar-refractivity contribution >= 4 is 11.0 Å². The Bertz CT molecular complexity index is 699. The van der Waals surface area contributed by atoms with E-state index in [-0.39, 0.29) is 60.6 Å². The number of hydrogen-bond donors (Lipinski definition) is 0. The molecule has 0 aliphatic rings. The van der Waals surface area contributed by atoms with Gasteiger partial charge in [-0.3, -0.25) is 0 Å². The molecule has 1 nitrogen and oxygen atoms in total. The summed E-state index contributed by atoms with van der Waals surface area (Å²) in [5, 5.41) is 0. The van der Waals surface area contributed by atoms with E-state index in [2.05, 4.69) is 27.7 Å². The Labute approximate surface area is 475 Å². The van der Waals surface area contributed by atoms with Crippen LogP contribution in [0.1, 0.15) is 387 Å². The maximum Gasteiger partial charge on any atom is 4.00 e. The molecular formula is C64H132Cl4NSi+. The number of hydrogen-bond acceptors (Lipinski definition) is 0. The first-order valence-electron chi connectivity index (χ1n) is 32.1. The van der Waals surface area contributed by atoms with E-state index in [1.54, 1.807) is 0 Å². The van der Waals surface area contributed by atoms with Crippen LogP contribution >= 0.6 is 0 Å². The van der Waals surface area contributed by atoms with Crippen LogP contribution in [0.4, 0.5) is 0 Å². The molecule has 0 aromatic rings. The number of rotatable bonds is 60. The summed E-state index contributed by atoms with van der Waals surface area (Å²) >= 11 is 0. The molecule has 0 fully saturated rings. The number of unbranched alkanes of at least 4 members (excludes halogenated alkanes) is 52. The van der Waals surface area contributed by atoms with Gasteiger partial charge in [-0.15, -0.1) is 0 Å². The minimum absolute atomic E-state index is 0. The molecule has 0 bridgehead atoms. The van der Waals surface area contributed by atoms with Gasteiger partial charge < -0.3 is 54.1 Å². The molecule has 0 radical (unpaired) electrons. The minimum atomic E-state index is 0. The maximum atomic E-state index is 2.33. The molecule has 0 aromatic carbocycles. The van der Waals surface area contributed by atoms with Gasteiger partial charge in [0.15, 0.2) is 0 Å². The summed E-state index contributed by atoms with van der Waals surface area (Å²) < 4.78 is 1.49. The Morgan fingerprint density at radius 3 is 0.329 bits per heavy atom. The van der Waals surface area contributed by atoms with Gasteiger partial charge in [-0.1, -0.05) is 336 Å². The van der Waals surface area contributed by atoms with E-state index < -0.39 is 0 Å². The molecule has 0 amide bonds. The zero-order chi connectivity index (χ0) is 46.9. The fourth-order valence-corrected chi connectivity index (χ4v) is 11.2. The zero-order valence-electron chi connectivity index (χ0n) is 48.9. The zero-order valence-corrected chi connectivity index (χ0v) is 52.9. The molecule has 0 saturated carbocycles. The van der Waals surface area contributed by atoms with E-state index in [9.17, 15) is 0 Å². The maximum absolute atomic E-state index is 2.33. The van der Waals surface area contributed by atoms with Crippen molar-refractivity contribution in [2.75, 3.05) is 26.2 Å². The van der Waals surface area contributed by atoms with Gasteiger partial charge in [-0.25, -0.2) is 0 Å². The number of halogens is 4. The Morgan fingerprint density at radius 2 is 0.229 bits per heavy atom. The van der Waals surface area contributed by atoms with Gasteiger partial charge >= 0.3 is 11.0 Å². The predicted molar refractivity (Wildman–Crippen MR) is 307 cm³/mol. The largest absolute Gasteiger partial charge is 4.00 e. The summed E-state index contributed by atoms with van der Waals surface area (Å²) in [6.07, 6.45) is 82.7. The monoisotopic (exact) mass is 1080 g/mol. The van der Waals surface area contributed by atoms with Crippen LogP contribution in [0.15, 0.2) is 0 Å². The van der Waals surface area contributed by atoms with Crippen molar-refractivity contribution < 1.29 is 54.1 Å². The second-order valence-corrected chi connectivity index (χ2v) is 22.6. The van der Waals surface area contributed by atoms with Crippen LogP contribution in [0.3, 0.4) is 0 Å². The van der Waals surface area contributed by atoms with Crippen molar-refractivity contribution in [3.8, 4) is 0 Å². The van der Waals surface area contributed by atoms with Gasteiger partial charge in [0.05, 0.1) is 26.2 Å². The Balaban J connectivity index is -0.00000205. The molecule has 0 atom stereocenters. The van der Waals surface area contributed by atoms with Crippen molar-refractivity contribution in [3.63, 3.8) is 0 Å². The quantitative estimate of drug-likeness (QED) is 0.0324. The molecule has 0 aromatic heterocycles. The molecule has 6 heteroatoms. The third-order valence-electron chi connectivity index (χ3n) is 15.9. The fraction of sp³-hybridized carbons (Fsp3) is 1.00. The first-order valence-corrected chi connectivity index (χ1v) is 32.1. The average Bonchev–Trinajstić information content (AvgIpc) is 3.32. The van der Waals surface area contributed by atoms with Gasteiger partial charge in [0, 0.05) is 0 Å². The van der Waals surface area contributed by atoms with E-state index in [1.807, 2.05) is 0 Å². The van der Waals surface area contributed by atoms with Crippen LogP contribution in [-0.4, -0.2) is 41.6 Å². The third-order valence-corrected chi connectivity index (χ3v) is 15.9. The van der Waals surface area contributed by atoms with Gasteiger partial charge in [0.2, 0.25) is 0 Å². The molecule has 0 saturated heterocycles. The van der Waals surface area contributed by atoms with Crippen LogP contribution in [0.25, 0.3) is 0 Å². The van der Waals surface area contributed by atoms with Crippen LogP contribution < -0.4 is 49.6 Å². The summed E-state index contributed by atoms with van der Waals surface area (Å²) in [6, 6.07) is 0. The van der Waals surface area contributed by atoms with Gasteiger partial charge in [-0.2, -0.15) is 0 Å². The van der Waals surface area contributed by atoms with Crippen molar-refractivity contribution in [3.05, 3.63) is 0 Å². The second-order valence-electron chi connectivity index (χ2n) is 22.6. The Hall–Kier alpha value is 1.34. The van der Waals surface area contributed by atoms with Crippen molar-refractivity contribution in [1.82, 2.24) is 0 Å². The molecule has 0 aliphatic heterocycles. The summed E-state index contributed by atoms with van der Waals surface area (Å²) in [5.41, 5.74) is 0. The van der Waals surface area contributed by atoms with E-state index in [0.29, 0.717) is 0 Å². The molecule has 0 spiro atoms. The number of nitrogens with zero attached hydrogens (tertiary/aromatic N) is 1. The van der Waals surface area contributed by atoms with Crippen molar-refractivity contribution in [2.24, 2.45) is 0 Å². The molecule has 0 aliphatic carbocycles. The smallest absolute Gasteiger partial charge is 1.00 e. The van der Waals surface area contributed by atoms with E-state index in [1.165, 1.54) is 390 Å². The van der Waals surface area contributed by atoms with E-state index in [4.69, 9.17) is 0 Å². The summed E-state index contributed by atoms with van der Waals surface area (Å²) in [4.78, 5) is 0. The summed E-state index contributed by atoms with van der Waals surface area (Å²) in [6.45, 7) is 15.3. The van der Waals surface area contributed by atoms with Gasteiger partial charge in [0.25, 0.3) is 0 Å². The fourth-order valence-electron chi connectivity index (χ4n) is 11.2. The van der Waals surface area contributed by atoms with Gasteiger partial charge in [0.1, 0.15) is 0 Å². The summed E-state index contributed by atoms with van der Waals surface area (Å²) in [7, 11) is 0. The molecule has 0 N–H and O–H groups in total. The molecule has 424 valence electrons. The molecule has 0 heterocycles. The third kappa shape index (κ3) is 67.4. The van der Waals surface area contributed by atoms with Crippen LogP contribution in [0.2, 0.25) is 0 Å². The second kappa shape index (κ2) is 74.6. The van der Waals surface area contributed by atoms with Crippen LogP contribution in [0.5, 0.6) is 0 Å². The first kappa shape index (κ1) is 82.7. The topological polar surface area (TPSA) is 0 Å². The first-order chi connectivity index (χ1) is 32.2. The van der Waals surface area contributed by atoms with Crippen LogP contribution in [-0.2, 0) is 0 Å². The average molecular weight is 1090 g/mol. The van der Waals surface area contributed by atoms with Gasteiger partial charge in [-0.05, 0) is 51.4 Å².